The van der Waals surface area contributed by atoms with E-state index in [1.807, 2.05) is 25.1 Å². The van der Waals surface area contributed by atoms with Gasteiger partial charge in [-0.15, -0.1) is 0 Å². The van der Waals surface area contributed by atoms with Crippen LogP contribution >= 0.6 is 11.6 Å². The second kappa shape index (κ2) is 10.4. The van der Waals surface area contributed by atoms with Crippen molar-refractivity contribution in [1.29, 1.82) is 5.26 Å². The third kappa shape index (κ3) is 6.64. The van der Waals surface area contributed by atoms with Gasteiger partial charge in [-0.05, 0) is 61.3 Å². The molecule has 27 heavy (non-hydrogen) atoms. The Morgan fingerprint density at radius 2 is 1.74 bits per heavy atom. The largest absolute Gasteiger partial charge is 0.329 e. The van der Waals surface area contributed by atoms with Crippen LogP contribution in [0, 0.1) is 25.2 Å². The number of aryl methyl sites for hydroxylation is 2. The predicted octanol–water partition coefficient (Wildman–Crippen LogP) is 3.72. The number of nitriles is 1. The zero-order valence-corrected chi connectivity index (χ0v) is 17.3. The molecule has 0 fully saturated rings. The van der Waals surface area contributed by atoms with E-state index in [1.54, 1.807) is 0 Å². The highest BCUT2D eigenvalue weighted by Crippen LogP contribution is 2.20. The van der Waals surface area contributed by atoms with Crippen molar-refractivity contribution in [2.45, 2.75) is 26.9 Å². The Labute approximate surface area is 168 Å². The van der Waals surface area contributed by atoms with Crippen molar-refractivity contribution in [2.24, 2.45) is 5.73 Å². The van der Waals surface area contributed by atoms with E-state index in [2.05, 4.69) is 48.0 Å². The van der Waals surface area contributed by atoms with E-state index in [0.717, 1.165) is 54.4 Å². The highest BCUT2D eigenvalue weighted by atomic mass is 35.5. The van der Waals surface area contributed by atoms with Gasteiger partial charge >= 0.3 is 0 Å². The van der Waals surface area contributed by atoms with Crippen LogP contribution in [0.3, 0.4) is 0 Å². The smallest absolute Gasteiger partial charge is 0.0995 e. The number of rotatable bonds is 9. The van der Waals surface area contributed by atoms with E-state index in [0.29, 0.717) is 6.54 Å². The summed E-state index contributed by atoms with van der Waals surface area (Å²) in [6.45, 7) is 9.04. The number of benzene rings is 2. The molecule has 0 aliphatic rings. The molecular weight excluding hydrogens is 356 g/mol. The Morgan fingerprint density at radius 3 is 2.37 bits per heavy atom. The third-order valence-corrected chi connectivity index (χ3v) is 5.00. The molecule has 0 saturated carbocycles. The molecule has 0 bridgehead atoms. The van der Waals surface area contributed by atoms with Gasteiger partial charge in [0.05, 0.1) is 11.6 Å². The van der Waals surface area contributed by atoms with Crippen molar-refractivity contribution in [3.63, 3.8) is 0 Å². The van der Waals surface area contributed by atoms with Crippen LogP contribution in [0.2, 0.25) is 5.02 Å². The van der Waals surface area contributed by atoms with E-state index in [9.17, 15) is 5.26 Å². The monoisotopic (exact) mass is 384 g/mol. The molecule has 0 unspecified atom stereocenters. The van der Waals surface area contributed by atoms with Crippen molar-refractivity contribution in [3.05, 3.63) is 69.2 Å². The maximum absolute atomic E-state index is 9.58. The van der Waals surface area contributed by atoms with Crippen LogP contribution in [-0.2, 0) is 13.1 Å². The normalized spacial score (nSPS) is 11.2. The summed E-state index contributed by atoms with van der Waals surface area (Å²) in [6.07, 6.45) is 0. The maximum atomic E-state index is 9.58. The average Bonchev–Trinajstić information content (AvgIpc) is 2.63. The van der Waals surface area contributed by atoms with Crippen LogP contribution in [0.15, 0.2) is 36.4 Å². The second-order valence-electron chi connectivity index (χ2n) is 7.15. The quantitative estimate of drug-likeness (QED) is 0.715. The number of halogens is 1. The SMILES string of the molecule is Cc1cc(C)c(CN(CCN(C)CCN)Cc2ccc(Cl)cc2)c(C#N)c1. The fraction of sp³-hybridized carbons (Fsp3) is 0.409. The molecule has 0 spiro atoms. The standard InChI is InChI=1S/C22H29ClN4/c1-17-12-18(2)22(20(13-17)14-25)16-27(11-10-26(3)9-8-24)15-19-4-6-21(23)7-5-19/h4-7,12-13H,8-11,15-16,24H2,1-3H3. The Hall–Kier alpha value is -1.90. The minimum absolute atomic E-state index is 0.656. The van der Waals surface area contributed by atoms with Gasteiger partial charge < -0.3 is 10.6 Å². The number of nitrogens with two attached hydrogens (primary N) is 1. The summed E-state index contributed by atoms with van der Waals surface area (Å²) < 4.78 is 0. The molecule has 0 aliphatic heterocycles. The van der Waals surface area contributed by atoms with Gasteiger partial charge in [-0.25, -0.2) is 0 Å². The van der Waals surface area contributed by atoms with E-state index in [1.165, 1.54) is 11.1 Å². The fourth-order valence-corrected chi connectivity index (χ4v) is 3.36. The van der Waals surface area contributed by atoms with Crippen LogP contribution in [0.25, 0.3) is 0 Å². The Morgan fingerprint density at radius 1 is 1.04 bits per heavy atom. The van der Waals surface area contributed by atoms with Gasteiger partial charge in [-0.1, -0.05) is 29.8 Å². The molecule has 0 aliphatic carbocycles. The Bertz CT molecular complexity index is 780. The van der Waals surface area contributed by atoms with E-state index >= 15 is 0 Å². The molecule has 0 saturated heterocycles. The molecule has 4 nitrogen and oxygen atoms in total. The number of nitrogens with zero attached hydrogens (tertiary/aromatic N) is 3. The first-order chi connectivity index (χ1) is 12.9. The lowest BCUT2D eigenvalue weighted by Crippen LogP contribution is -2.35. The molecule has 144 valence electrons. The zero-order chi connectivity index (χ0) is 19.8. The Kier molecular flexibility index (Phi) is 8.27. The molecule has 0 heterocycles. The molecule has 0 radical (unpaired) electrons. The number of likely N-dealkylation sites (N-methyl/N-ethyl adjacent to an activating group) is 1. The van der Waals surface area contributed by atoms with Crippen molar-refractivity contribution in [2.75, 3.05) is 33.2 Å². The van der Waals surface area contributed by atoms with Gasteiger partial charge in [0.2, 0.25) is 0 Å². The van der Waals surface area contributed by atoms with E-state index in [4.69, 9.17) is 17.3 Å². The molecule has 2 rings (SSSR count). The maximum Gasteiger partial charge on any atom is 0.0995 e. The van der Waals surface area contributed by atoms with Crippen molar-refractivity contribution in [3.8, 4) is 6.07 Å². The van der Waals surface area contributed by atoms with Crippen LogP contribution in [0.5, 0.6) is 0 Å². The third-order valence-electron chi connectivity index (χ3n) is 4.75. The molecule has 5 heteroatoms. The lowest BCUT2D eigenvalue weighted by molar-refractivity contribution is 0.213. The van der Waals surface area contributed by atoms with Crippen LogP contribution in [0.1, 0.15) is 27.8 Å². The minimum Gasteiger partial charge on any atom is -0.329 e. The first-order valence-corrected chi connectivity index (χ1v) is 9.66. The summed E-state index contributed by atoms with van der Waals surface area (Å²) in [6, 6.07) is 14.5. The van der Waals surface area contributed by atoms with Crippen LogP contribution in [0.4, 0.5) is 0 Å². The van der Waals surface area contributed by atoms with Gasteiger partial charge in [0.25, 0.3) is 0 Å². The topological polar surface area (TPSA) is 56.3 Å². The lowest BCUT2D eigenvalue weighted by Gasteiger charge is -2.27. The summed E-state index contributed by atoms with van der Waals surface area (Å²) in [5, 5.41) is 10.3. The summed E-state index contributed by atoms with van der Waals surface area (Å²) in [4.78, 5) is 4.62. The van der Waals surface area contributed by atoms with Crippen LogP contribution in [-0.4, -0.2) is 43.0 Å². The highest BCUT2D eigenvalue weighted by Gasteiger charge is 2.14. The van der Waals surface area contributed by atoms with E-state index < -0.39 is 0 Å². The fourth-order valence-electron chi connectivity index (χ4n) is 3.24. The van der Waals surface area contributed by atoms with Gasteiger partial charge in [0.15, 0.2) is 0 Å². The van der Waals surface area contributed by atoms with Crippen molar-refractivity contribution < 1.29 is 0 Å². The van der Waals surface area contributed by atoms with Gasteiger partial charge in [0, 0.05) is 44.3 Å². The molecule has 2 aromatic rings. The van der Waals surface area contributed by atoms with Crippen LogP contribution < -0.4 is 5.73 Å². The Balaban J connectivity index is 2.21. The first-order valence-electron chi connectivity index (χ1n) is 9.28. The molecule has 0 aromatic heterocycles. The second-order valence-corrected chi connectivity index (χ2v) is 7.59. The molecule has 0 amide bonds. The summed E-state index contributed by atoms with van der Waals surface area (Å²) in [5.41, 5.74) is 11.0. The number of hydrogen-bond acceptors (Lipinski definition) is 4. The summed E-state index contributed by atoms with van der Waals surface area (Å²) in [5.74, 6) is 0. The molecule has 2 aromatic carbocycles. The number of hydrogen-bond donors (Lipinski definition) is 1. The lowest BCUT2D eigenvalue weighted by atomic mass is 9.99. The predicted molar refractivity (Wildman–Crippen MR) is 113 cm³/mol. The molecular formula is C22H29ClN4. The summed E-state index contributed by atoms with van der Waals surface area (Å²) in [7, 11) is 2.09. The van der Waals surface area contributed by atoms with Gasteiger partial charge in [-0.3, -0.25) is 4.90 Å². The zero-order valence-electron chi connectivity index (χ0n) is 16.5. The molecule has 0 atom stereocenters. The average molecular weight is 385 g/mol. The van der Waals surface area contributed by atoms with Gasteiger partial charge in [0.1, 0.15) is 0 Å². The van der Waals surface area contributed by atoms with Gasteiger partial charge in [-0.2, -0.15) is 5.26 Å². The minimum atomic E-state index is 0.656. The van der Waals surface area contributed by atoms with Crippen molar-refractivity contribution >= 4 is 11.6 Å². The first kappa shape index (κ1) is 21.4. The summed E-state index contributed by atoms with van der Waals surface area (Å²) >= 11 is 6.02. The highest BCUT2D eigenvalue weighted by molar-refractivity contribution is 6.30. The van der Waals surface area contributed by atoms with Crippen molar-refractivity contribution in [1.82, 2.24) is 9.80 Å². The molecule has 2 N–H and O–H groups in total. The van der Waals surface area contributed by atoms with E-state index in [-0.39, 0.29) is 0 Å².